The Kier molecular flexibility index (Phi) is 6.79. The van der Waals surface area contributed by atoms with Crippen LogP contribution < -0.4 is 10.6 Å². The van der Waals surface area contributed by atoms with Gasteiger partial charge in [-0.2, -0.15) is 0 Å². The molecular weight excluding hydrogens is 364 g/mol. The van der Waals surface area contributed by atoms with E-state index in [1.54, 1.807) is 12.1 Å². The second-order valence-corrected chi connectivity index (χ2v) is 6.62. The number of ether oxygens (including phenoxy) is 1. The number of carbonyl (C=O) groups is 3. The summed E-state index contributed by atoms with van der Waals surface area (Å²) in [6.07, 6.45) is 0. The number of nitrogens with one attached hydrogen (secondary N) is 2. The van der Waals surface area contributed by atoms with Crippen LogP contribution in [0.15, 0.2) is 15.9 Å². The lowest BCUT2D eigenvalue weighted by Gasteiger charge is -2.17. The third kappa shape index (κ3) is 5.44. The molecule has 0 aliphatic rings. The zero-order chi connectivity index (χ0) is 16.0. The summed E-state index contributed by atoms with van der Waals surface area (Å²) < 4.78 is 5.51. The molecule has 1 aromatic rings. The molecule has 116 valence electrons. The Bertz CT molecular complexity index is 533. The molecule has 1 rings (SSSR count). The van der Waals surface area contributed by atoms with Crippen molar-refractivity contribution in [1.29, 1.82) is 0 Å². The van der Waals surface area contributed by atoms with Crippen molar-refractivity contribution in [3.63, 3.8) is 0 Å². The van der Waals surface area contributed by atoms with Crippen LogP contribution in [0.3, 0.4) is 0 Å². The summed E-state index contributed by atoms with van der Waals surface area (Å²) >= 11 is 4.48. The Balaban J connectivity index is 2.57. The monoisotopic (exact) mass is 378 g/mol. The van der Waals surface area contributed by atoms with E-state index in [-0.39, 0.29) is 6.61 Å². The predicted octanol–water partition coefficient (Wildman–Crippen LogP) is 0.845. The first kappa shape index (κ1) is 17.6. The van der Waals surface area contributed by atoms with Gasteiger partial charge in [-0.25, -0.2) is 4.79 Å². The molecular formula is C12H15BrN2O5S. The Morgan fingerprint density at radius 3 is 2.52 bits per heavy atom. The summed E-state index contributed by atoms with van der Waals surface area (Å²) in [5, 5.41) is 13.7. The van der Waals surface area contributed by atoms with Gasteiger partial charge in [0.25, 0.3) is 5.91 Å². The fourth-order valence-corrected chi connectivity index (χ4v) is 2.70. The van der Waals surface area contributed by atoms with Gasteiger partial charge in [-0.05, 0) is 35.0 Å². The van der Waals surface area contributed by atoms with Gasteiger partial charge >= 0.3 is 5.97 Å². The zero-order valence-corrected chi connectivity index (χ0v) is 13.8. The first-order valence-electron chi connectivity index (χ1n) is 5.93. The van der Waals surface area contributed by atoms with Gasteiger partial charge < -0.3 is 20.5 Å². The highest BCUT2D eigenvalue weighted by atomic mass is 79.9. The number of thiophene rings is 1. The smallest absolute Gasteiger partial charge is 0.328 e. The van der Waals surface area contributed by atoms with Gasteiger partial charge in [0.1, 0.15) is 6.04 Å². The molecule has 2 unspecified atom stereocenters. The SMILES string of the molecule is COCC(NC(=O)C(C)NC(=O)c1ccc(Br)s1)C(=O)O. The van der Waals surface area contributed by atoms with E-state index < -0.39 is 29.9 Å². The molecule has 1 aromatic heterocycles. The van der Waals surface area contributed by atoms with Crippen molar-refractivity contribution in [1.82, 2.24) is 10.6 Å². The van der Waals surface area contributed by atoms with Gasteiger partial charge in [-0.1, -0.05) is 0 Å². The molecule has 9 heteroatoms. The first-order valence-corrected chi connectivity index (χ1v) is 7.54. The second kappa shape index (κ2) is 8.11. The van der Waals surface area contributed by atoms with Crippen molar-refractivity contribution in [2.45, 2.75) is 19.0 Å². The van der Waals surface area contributed by atoms with Crippen molar-refractivity contribution in [2.75, 3.05) is 13.7 Å². The summed E-state index contributed by atoms with van der Waals surface area (Å²) in [6.45, 7) is 1.32. The van der Waals surface area contributed by atoms with E-state index in [9.17, 15) is 14.4 Å². The van der Waals surface area contributed by atoms with E-state index in [2.05, 4.69) is 26.6 Å². The van der Waals surface area contributed by atoms with Crippen LogP contribution in [-0.4, -0.2) is 48.7 Å². The van der Waals surface area contributed by atoms with E-state index in [1.807, 2.05) is 0 Å². The standard InChI is InChI=1S/C12H15BrN2O5S/c1-6(10(16)15-7(5-20-2)12(18)19)14-11(17)8-3-4-9(13)21-8/h3-4,6-7H,5H2,1-2H3,(H,14,17)(H,15,16)(H,18,19). The Morgan fingerprint density at radius 1 is 1.38 bits per heavy atom. The molecule has 0 aliphatic heterocycles. The van der Waals surface area contributed by atoms with Crippen LogP contribution in [0.5, 0.6) is 0 Å². The lowest BCUT2D eigenvalue weighted by Crippen LogP contribution is -2.51. The maximum Gasteiger partial charge on any atom is 0.328 e. The van der Waals surface area contributed by atoms with Crippen LogP contribution in [0.25, 0.3) is 0 Å². The summed E-state index contributed by atoms with van der Waals surface area (Å²) in [7, 11) is 1.34. The highest BCUT2D eigenvalue weighted by Gasteiger charge is 2.24. The van der Waals surface area contributed by atoms with Crippen molar-refractivity contribution >= 4 is 45.1 Å². The van der Waals surface area contributed by atoms with Gasteiger partial charge in [0.2, 0.25) is 5.91 Å². The van der Waals surface area contributed by atoms with Crippen LogP contribution in [0.1, 0.15) is 16.6 Å². The molecule has 0 saturated heterocycles. The van der Waals surface area contributed by atoms with Crippen LogP contribution in [0.4, 0.5) is 0 Å². The number of hydrogen-bond acceptors (Lipinski definition) is 5. The number of amides is 2. The Labute approximate surface area is 133 Å². The van der Waals surface area contributed by atoms with Crippen molar-refractivity contribution in [2.24, 2.45) is 0 Å². The molecule has 0 saturated carbocycles. The number of carbonyl (C=O) groups excluding carboxylic acids is 2. The number of carboxylic acid groups (broad SMARTS) is 1. The molecule has 3 N–H and O–H groups in total. The fourth-order valence-electron chi connectivity index (χ4n) is 1.41. The van der Waals surface area contributed by atoms with Gasteiger partial charge in [-0.15, -0.1) is 11.3 Å². The summed E-state index contributed by atoms with van der Waals surface area (Å²) in [4.78, 5) is 35.1. The van der Waals surface area contributed by atoms with Crippen molar-refractivity contribution in [3.8, 4) is 0 Å². The lowest BCUT2D eigenvalue weighted by atomic mass is 10.2. The molecule has 0 spiro atoms. The van der Waals surface area contributed by atoms with Crippen LogP contribution in [-0.2, 0) is 14.3 Å². The Hall–Kier alpha value is -1.45. The highest BCUT2D eigenvalue weighted by molar-refractivity contribution is 9.11. The molecule has 7 nitrogen and oxygen atoms in total. The van der Waals surface area contributed by atoms with Gasteiger partial charge in [0.15, 0.2) is 6.04 Å². The molecule has 0 fully saturated rings. The van der Waals surface area contributed by atoms with E-state index in [0.717, 1.165) is 3.79 Å². The van der Waals surface area contributed by atoms with E-state index in [0.29, 0.717) is 4.88 Å². The molecule has 0 aliphatic carbocycles. The molecule has 0 radical (unpaired) electrons. The molecule has 21 heavy (non-hydrogen) atoms. The number of hydrogen-bond donors (Lipinski definition) is 3. The van der Waals surface area contributed by atoms with E-state index >= 15 is 0 Å². The summed E-state index contributed by atoms with van der Waals surface area (Å²) in [5.41, 5.74) is 0. The number of aliphatic carboxylic acids is 1. The third-order valence-electron chi connectivity index (χ3n) is 2.49. The number of carboxylic acids is 1. The van der Waals surface area contributed by atoms with Gasteiger partial charge in [0.05, 0.1) is 15.3 Å². The number of rotatable bonds is 7. The predicted molar refractivity (Wildman–Crippen MR) is 80.4 cm³/mol. The van der Waals surface area contributed by atoms with Crippen molar-refractivity contribution in [3.05, 3.63) is 20.8 Å². The van der Waals surface area contributed by atoms with Gasteiger partial charge in [-0.3, -0.25) is 9.59 Å². The van der Waals surface area contributed by atoms with Crippen LogP contribution in [0.2, 0.25) is 0 Å². The second-order valence-electron chi connectivity index (χ2n) is 4.15. The Morgan fingerprint density at radius 2 is 2.05 bits per heavy atom. The molecule has 2 atom stereocenters. The highest BCUT2D eigenvalue weighted by Crippen LogP contribution is 2.21. The zero-order valence-electron chi connectivity index (χ0n) is 11.4. The summed E-state index contributed by atoms with van der Waals surface area (Å²) in [5.74, 6) is -2.19. The molecule has 0 aromatic carbocycles. The molecule has 1 heterocycles. The average molecular weight is 379 g/mol. The number of methoxy groups -OCH3 is 1. The van der Waals surface area contributed by atoms with Crippen molar-refractivity contribution < 1.29 is 24.2 Å². The van der Waals surface area contributed by atoms with E-state index in [1.165, 1.54) is 25.4 Å². The first-order chi connectivity index (χ1) is 9.85. The minimum Gasteiger partial charge on any atom is -0.480 e. The minimum absolute atomic E-state index is 0.153. The fraction of sp³-hybridized carbons (Fsp3) is 0.417. The molecule has 0 bridgehead atoms. The minimum atomic E-state index is -1.20. The quantitative estimate of drug-likeness (QED) is 0.652. The van der Waals surface area contributed by atoms with Gasteiger partial charge in [0, 0.05) is 7.11 Å². The van der Waals surface area contributed by atoms with Crippen LogP contribution >= 0.6 is 27.3 Å². The normalized spacial score (nSPS) is 13.3. The van der Waals surface area contributed by atoms with E-state index in [4.69, 9.17) is 9.84 Å². The largest absolute Gasteiger partial charge is 0.480 e. The summed E-state index contributed by atoms with van der Waals surface area (Å²) in [6, 6.07) is 1.33. The average Bonchev–Trinajstić information content (AvgIpc) is 2.84. The maximum atomic E-state index is 11.9. The third-order valence-corrected chi connectivity index (χ3v) is 4.11. The molecule has 2 amide bonds. The maximum absolute atomic E-state index is 11.9. The lowest BCUT2D eigenvalue weighted by molar-refractivity contribution is -0.143. The number of halogens is 1. The topological polar surface area (TPSA) is 105 Å². The van der Waals surface area contributed by atoms with Crippen LogP contribution in [0, 0.1) is 0 Å².